The minimum atomic E-state index is -0.214. The van der Waals surface area contributed by atoms with Gasteiger partial charge in [0.25, 0.3) is 11.5 Å². The van der Waals surface area contributed by atoms with Gasteiger partial charge in [-0.05, 0) is 54.3 Å². The van der Waals surface area contributed by atoms with E-state index in [1.54, 1.807) is 18.2 Å². The van der Waals surface area contributed by atoms with Gasteiger partial charge in [-0.3, -0.25) is 14.2 Å². The molecule has 0 saturated carbocycles. The fraction of sp³-hybridized carbons (Fsp3) is 0.167. The number of amides is 1. The SMILES string of the molecule is COc1cc(-n2cnc3cc(-c4ccc(Cl)cc4)sc3c2=O)ccc1OCC(=O)NCCCc1ccccc1. The third-order valence-corrected chi connectivity index (χ3v) is 7.57. The van der Waals surface area contributed by atoms with E-state index in [4.69, 9.17) is 21.1 Å². The Hall–Kier alpha value is -4.14. The van der Waals surface area contributed by atoms with E-state index in [1.165, 1.54) is 34.9 Å². The average molecular weight is 560 g/mol. The number of benzene rings is 3. The molecular formula is C30H26ClN3O4S. The minimum Gasteiger partial charge on any atom is -0.493 e. The van der Waals surface area contributed by atoms with Gasteiger partial charge in [-0.1, -0.05) is 54.1 Å². The number of nitrogens with one attached hydrogen (secondary N) is 1. The lowest BCUT2D eigenvalue weighted by molar-refractivity contribution is -0.123. The second kappa shape index (κ2) is 12.1. The number of ether oxygens (including phenoxy) is 2. The first-order valence-electron chi connectivity index (χ1n) is 12.4. The molecule has 198 valence electrons. The molecule has 3 aromatic carbocycles. The second-order valence-electron chi connectivity index (χ2n) is 8.81. The van der Waals surface area contributed by atoms with E-state index in [-0.39, 0.29) is 18.1 Å². The third-order valence-electron chi connectivity index (χ3n) is 6.16. The average Bonchev–Trinajstić information content (AvgIpc) is 3.41. The van der Waals surface area contributed by atoms with Gasteiger partial charge in [0, 0.05) is 22.5 Å². The quantitative estimate of drug-likeness (QED) is 0.215. The number of carbonyl (C=O) groups excluding carboxylic acids is 1. The topological polar surface area (TPSA) is 82.5 Å². The Kier molecular flexibility index (Phi) is 8.24. The summed E-state index contributed by atoms with van der Waals surface area (Å²) in [4.78, 5) is 31.0. The standard InChI is InChI=1S/C30H26ClN3O4S/c1-37-26-16-23(13-14-25(26)38-18-28(35)32-15-5-8-20-6-3-2-4-7-20)34-19-33-24-17-27(39-29(24)30(34)36)21-9-11-22(31)12-10-21/h2-4,6-7,9-14,16-17,19H,5,8,15,18H2,1H3,(H,32,35). The molecule has 0 atom stereocenters. The minimum absolute atomic E-state index is 0.142. The molecular weight excluding hydrogens is 534 g/mol. The van der Waals surface area contributed by atoms with Crippen LogP contribution in [0.3, 0.4) is 0 Å². The smallest absolute Gasteiger partial charge is 0.275 e. The van der Waals surface area contributed by atoms with Crippen LogP contribution in [0.4, 0.5) is 0 Å². The van der Waals surface area contributed by atoms with Gasteiger partial charge in [-0.2, -0.15) is 0 Å². The van der Waals surface area contributed by atoms with Gasteiger partial charge in [-0.15, -0.1) is 11.3 Å². The fourth-order valence-corrected chi connectivity index (χ4v) is 5.31. The van der Waals surface area contributed by atoms with E-state index >= 15 is 0 Å². The Bertz CT molecular complexity index is 1650. The summed E-state index contributed by atoms with van der Waals surface area (Å²) in [7, 11) is 1.51. The Morgan fingerprint density at radius 2 is 1.82 bits per heavy atom. The third kappa shape index (κ3) is 6.30. The molecule has 5 aromatic rings. The lowest BCUT2D eigenvalue weighted by Crippen LogP contribution is -2.30. The molecule has 0 bridgehead atoms. The van der Waals surface area contributed by atoms with E-state index in [0.29, 0.717) is 39.0 Å². The predicted octanol–water partition coefficient (Wildman–Crippen LogP) is 5.90. The van der Waals surface area contributed by atoms with Gasteiger partial charge < -0.3 is 14.8 Å². The summed E-state index contributed by atoms with van der Waals surface area (Å²) in [6, 6.07) is 24.6. The molecule has 0 fully saturated rings. The lowest BCUT2D eigenvalue weighted by Gasteiger charge is -2.13. The maximum absolute atomic E-state index is 13.3. The highest BCUT2D eigenvalue weighted by Crippen LogP contribution is 2.33. The van der Waals surface area contributed by atoms with Crippen molar-refractivity contribution in [2.24, 2.45) is 0 Å². The fourth-order valence-electron chi connectivity index (χ4n) is 4.14. The summed E-state index contributed by atoms with van der Waals surface area (Å²) < 4.78 is 13.2. The van der Waals surface area contributed by atoms with Crippen molar-refractivity contribution < 1.29 is 14.3 Å². The Balaban J connectivity index is 1.25. The van der Waals surface area contributed by atoms with Crippen molar-refractivity contribution in [2.45, 2.75) is 12.8 Å². The van der Waals surface area contributed by atoms with Crippen LogP contribution >= 0.6 is 22.9 Å². The molecule has 0 aliphatic carbocycles. The second-order valence-corrected chi connectivity index (χ2v) is 10.3. The Morgan fingerprint density at radius 3 is 2.59 bits per heavy atom. The zero-order valence-electron chi connectivity index (χ0n) is 21.2. The van der Waals surface area contributed by atoms with Gasteiger partial charge in [0.1, 0.15) is 11.0 Å². The molecule has 1 N–H and O–H groups in total. The molecule has 0 spiro atoms. The van der Waals surface area contributed by atoms with Crippen molar-refractivity contribution in [2.75, 3.05) is 20.3 Å². The zero-order chi connectivity index (χ0) is 27.2. The largest absolute Gasteiger partial charge is 0.493 e. The van der Waals surface area contributed by atoms with Gasteiger partial charge in [0.15, 0.2) is 18.1 Å². The number of hydrogen-bond acceptors (Lipinski definition) is 6. The summed E-state index contributed by atoms with van der Waals surface area (Å²) in [6.45, 7) is 0.422. The number of thiophene rings is 1. The molecule has 0 unspecified atom stereocenters. The van der Waals surface area contributed by atoms with Crippen molar-refractivity contribution in [1.29, 1.82) is 0 Å². The number of carbonyl (C=O) groups is 1. The van der Waals surface area contributed by atoms with Crippen LogP contribution in [-0.2, 0) is 11.2 Å². The normalized spacial score (nSPS) is 10.9. The van der Waals surface area contributed by atoms with Crippen LogP contribution < -0.4 is 20.3 Å². The first kappa shape index (κ1) is 26.5. The van der Waals surface area contributed by atoms with E-state index < -0.39 is 0 Å². The van der Waals surface area contributed by atoms with E-state index in [9.17, 15) is 9.59 Å². The summed E-state index contributed by atoms with van der Waals surface area (Å²) in [5.41, 5.74) is 3.23. The first-order valence-corrected chi connectivity index (χ1v) is 13.6. The van der Waals surface area contributed by atoms with E-state index in [1.807, 2.05) is 48.5 Å². The summed E-state index contributed by atoms with van der Waals surface area (Å²) in [6.07, 6.45) is 3.23. The van der Waals surface area contributed by atoms with Crippen LogP contribution in [-0.4, -0.2) is 35.7 Å². The summed E-state index contributed by atoms with van der Waals surface area (Å²) in [5, 5.41) is 3.53. The number of halogens is 1. The number of rotatable bonds is 10. The van der Waals surface area contributed by atoms with Crippen LogP contribution in [0.2, 0.25) is 5.02 Å². The molecule has 7 nitrogen and oxygen atoms in total. The molecule has 0 aliphatic rings. The lowest BCUT2D eigenvalue weighted by atomic mass is 10.1. The molecule has 0 aliphatic heterocycles. The van der Waals surface area contributed by atoms with Crippen molar-refractivity contribution in [1.82, 2.24) is 14.9 Å². The monoisotopic (exact) mass is 559 g/mol. The van der Waals surface area contributed by atoms with Crippen LogP contribution in [0.1, 0.15) is 12.0 Å². The maximum atomic E-state index is 13.3. The Labute approximate surface area is 234 Å². The summed E-state index contributed by atoms with van der Waals surface area (Å²) >= 11 is 7.39. The predicted molar refractivity (Wildman–Crippen MR) is 155 cm³/mol. The molecule has 9 heteroatoms. The number of aromatic nitrogens is 2. The highest BCUT2D eigenvalue weighted by Gasteiger charge is 2.14. The number of fused-ring (bicyclic) bond motifs is 1. The zero-order valence-corrected chi connectivity index (χ0v) is 22.8. The van der Waals surface area contributed by atoms with E-state index in [0.717, 1.165) is 23.3 Å². The highest BCUT2D eigenvalue weighted by atomic mass is 35.5. The summed E-state index contributed by atoms with van der Waals surface area (Å²) in [5.74, 6) is 0.600. The van der Waals surface area contributed by atoms with E-state index in [2.05, 4.69) is 22.4 Å². The van der Waals surface area contributed by atoms with Gasteiger partial charge in [-0.25, -0.2) is 4.98 Å². The number of nitrogens with zero attached hydrogens (tertiary/aromatic N) is 2. The molecule has 39 heavy (non-hydrogen) atoms. The van der Waals surface area contributed by atoms with Gasteiger partial charge in [0.2, 0.25) is 0 Å². The molecule has 1 amide bonds. The van der Waals surface area contributed by atoms with Crippen molar-refractivity contribution in [3.63, 3.8) is 0 Å². The van der Waals surface area contributed by atoms with Crippen LogP contribution in [0.5, 0.6) is 11.5 Å². The number of aryl methyl sites for hydroxylation is 1. The molecule has 0 saturated heterocycles. The molecule has 2 aromatic heterocycles. The molecule has 2 heterocycles. The van der Waals surface area contributed by atoms with Crippen LogP contribution in [0, 0.1) is 0 Å². The highest BCUT2D eigenvalue weighted by molar-refractivity contribution is 7.22. The maximum Gasteiger partial charge on any atom is 0.275 e. The first-order chi connectivity index (χ1) is 19.0. The number of hydrogen-bond donors (Lipinski definition) is 1. The van der Waals surface area contributed by atoms with Crippen molar-refractivity contribution in [3.8, 4) is 27.6 Å². The van der Waals surface area contributed by atoms with Crippen molar-refractivity contribution in [3.05, 3.63) is 106 Å². The van der Waals surface area contributed by atoms with Crippen LogP contribution in [0.25, 0.3) is 26.3 Å². The van der Waals surface area contributed by atoms with Crippen molar-refractivity contribution >= 4 is 39.1 Å². The van der Waals surface area contributed by atoms with Gasteiger partial charge in [0.05, 0.1) is 18.3 Å². The van der Waals surface area contributed by atoms with Gasteiger partial charge >= 0.3 is 0 Å². The van der Waals surface area contributed by atoms with Crippen LogP contribution in [0.15, 0.2) is 90.0 Å². The number of methoxy groups -OCH3 is 1. The molecule has 5 rings (SSSR count). The molecule has 0 radical (unpaired) electrons. The Morgan fingerprint density at radius 1 is 1.03 bits per heavy atom.